The zero-order chi connectivity index (χ0) is 22.9. The second kappa shape index (κ2) is 7.20. The van der Waals surface area contributed by atoms with Crippen molar-refractivity contribution in [3.05, 3.63) is 23.3 Å². The molecule has 32 heavy (non-hydrogen) atoms. The molecule has 1 saturated heterocycles. The van der Waals surface area contributed by atoms with E-state index in [1.807, 2.05) is 13.0 Å². The lowest BCUT2D eigenvalue weighted by molar-refractivity contribution is -0.288. The summed E-state index contributed by atoms with van der Waals surface area (Å²) in [7, 11) is 0. The van der Waals surface area contributed by atoms with Crippen molar-refractivity contribution in [1.29, 1.82) is 0 Å². The maximum atomic E-state index is 14.1. The van der Waals surface area contributed by atoms with Crippen molar-refractivity contribution in [1.82, 2.24) is 0 Å². The summed E-state index contributed by atoms with van der Waals surface area (Å²) >= 11 is 0. The minimum Gasteiger partial charge on any atom is -0.494 e. The Hall–Kier alpha value is -1.59. The van der Waals surface area contributed by atoms with Gasteiger partial charge in [-0.2, -0.15) is 0 Å². The van der Waals surface area contributed by atoms with Crippen molar-refractivity contribution < 1.29 is 23.7 Å². The Morgan fingerprint density at radius 2 is 1.88 bits per heavy atom. The number of Topliss-reactive ketones (excluding diaryl/α,β-unsaturated/α-hetero) is 1. The predicted molar refractivity (Wildman–Crippen MR) is 122 cm³/mol. The molecule has 0 N–H and O–H groups in total. The molecular weight excluding hydrogens is 404 g/mol. The van der Waals surface area contributed by atoms with Crippen LogP contribution in [0.2, 0.25) is 0 Å². The van der Waals surface area contributed by atoms with Crippen LogP contribution in [-0.4, -0.2) is 37.0 Å². The summed E-state index contributed by atoms with van der Waals surface area (Å²) in [6, 6.07) is 4.13. The molecule has 4 atom stereocenters. The van der Waals surface area contributed by atoms with E-state index in [9.17, 15) is 4.79 Å². The Bertz CT molecular complexity index is 925. The molecule has 1 spiro atoms. The van der Waals surface area contributed by atoms with Crippen LogP contribution in [0.1, 0.15) is 84.3 Å². The highest BCUT2D eigenvalue weighted by Gasteiger charge is 2.69. The van der Waals surface area contributed by atoms with Gasteiger partial charge in [0.2, 0.25) is 0 Å². The second-order valence-corrected chi connectivity index (χ2v) is 11.7. The van der Waals surface area contributed by atoms with Crippen LogP contribution in [0.15, 0.2) is 12.1 Å². The van der Waals surface area contributed by atoms with Crippen molar-refractivity contribution in [3.8, 4) is 11.5 Å². The Kier molecular flexibility index (Phi) is 5.00. The molecule has 1 aromatic carbocycles. The van der Waals surface area contributed by atoms with E-state index in [-0.39, 0.29) is 22.9 Å². The number of ketones is 1. The molecule has 3 fully saturated rings. The number of ether oxygens (including phenoxy) is 4. The first-order valence-electron chi connectivity index (χ1n) is 12.3. The molecule has 0 aromatic heterocycles. The van der Waals surface area contributed by atoms with Crippen molar-refractivity contribution >= 4 is 5.78 Å². The summed E-state index contributed by atoms with van der Waals surface area (Å²) in [4.78, 5) is 14.1. The normalized spacial score (nSPS) is 35.4. The number of hydrogen-bond donors (Lipinski definition) is 0. The van der Waals surface area contributed by atoms with Crippen LogP contribution in [0.25, 0.3) is 0 Å². The van der Waals surface area contributed by atoms with Crippen LogP contribution in [0.4, 0.5) is 0 Å². The van der Waals surface area contributed by atoms with Gasteiger partial charge in [0.05, 0.1) is 19.8 Å². The first kappa shape index (κ1) is 22.2. The molecule has 5 rings (SSSR count). The summed E-state index contributed by atoms with van der Waals surface area (Å²) < 4.78 is 25.1. The largest absolute Gasteiger partial charge is 0.494 e. The molecule has 0 amide bonds. The average Bonchev–Trinajstić information content (AvgIpc) is 3.16. The zero-order valence-electron chi connectivity index (χ0n) is 20.5. The number of hydrogen-bond acceptors (Lipinski definition) is 5. The molecule has 0 unspecified atom stereocenters. The number of fused-ring (bicyclic) bond motifs is 7. The van der Waals surface area contributed by atoms with Crippen LogP contribution in [-0.2, 0) is 20.7 Å². The Labute approximate surface area is 192 Å². The van der Waals surface area contributed by atoms with E-state index >= 15 is 0 Å². The van der Waals surface area contributed by atoms with Crippen molar-refractivity contribution in [2.45, 2.75) is 91.0 Å². The quantitative estimate of drug-likeness (QED) is 0.625. The van der Waals surface area contributed by atoms with E-state index in [0.29, 0.717) is 25.6 Å². The lowest BCUT2D eigenvalue weighted by Crippen LogP contribution is -2.65. The standard InChI is InChI=1S/C27H38O5/c1-7-29-18-13-17-15-25(5)21-9-8-10-27(30-11-12-31-27)26(21,6)16-19(23(25)28)22(17)20(14-18)32-24(2,3)4/h13-14,19,21H,7-12,15-16H2,1-6H3/t19-,21-,25-,26-/m0/s1. The highest BCUT2D eigenvalue weighted by atomic mass is 16.7. The minimum absolute atomic E-state index is 0.204. The molecule has 3 aliphatic carbocycles. The number of rotatable bonds is 3. The second-order valence-electron chi connectivity index (χ2n) is 11.7. The van der Waals surface area contributed by atoms with Crippen LogP contribution in [0.5, 0.6) is 11.5 Å². The fourth-order valence-corrected chi connectivity index (χ4v) is 7.44. The van der Waals surface area contributed by atoms with Gasteiger partial charge in [-0.1, -0.05) is 13.8 Å². The summed E-state index contributed by atoms with van der Waals surface area (Å²) in [5.41, 5.74) is 1.26. The predicted octanol–water partition coefficient (Wildman–Crippen LogP) is 5.43. The molecule has 1 aromatic rings. The Balaban J connectivity index is 1.67. The summed E-state index contributed by atoms with van der Waals surface area (Å²) in [5, 5.41) is 0. The average molecular weight is 443 g/mol. The lowest BCUT2D eigenvalue weighted by atomic mass is 9.43. The first-order chi connectivity index (χ1) is 15.0. The van der Waals surface area contributed by atoms with E-state index in [4.69, 9.17) is 18.9 Å². The molecule has 1 heterocycles. The van der Waals surface area contributed by atoms with Gasteiger partial charge in [-0.15, -0.1) is 0 Å². The van der Waals surface area contributed by atoms with Gasteiger partial charge in [-0.25, -0.2) is 0 Å². The molecule has 0 radical (unpaired) electrons. The summed E-state index contributed by atoms with van der Waals surface area (Å²) in [5.74, 6) is 1.45. The molecule has 1 aliphatic heterocycles. The fourth-order valence-electron chi connectivity index (χ4n) is 7.44. The van der Waals surface area contributed by atoms with Crippen LogP contribution in [0.3, 0.4) is 0 Å². The summed E-state index contributed by atoms with van der Waals surface area (Å²) in [6.07, 6.45) is 4.46. The van der Waals surface area contributed by atoms with Gasteiger partial charge in [-0.3, -0.25) is 4.79 Å². The highest BCUT2D eigenvalue weighted by molar-refractivity contribution is 5.95. The van der Waals surface area contributed by atoms with Crippen molar-refractivity contribution in [2.75, 3.05) is 19.8 Å². The number of carbonyl (C=O) groups excluding carboxylic acids is 1. The SMILES string of the molecule is CCOc1cc2c(c(OC(C)(C)C)c1)[C@@H]1C[C@@]3(C)[C@@H](CCCC34OCCO4)[C@](C)(C2)C1=O. The van der Waals surface area contributed by atoms with Gasteiger partial charge in [0, 0.05) is 34.8 Å². The number of benzene rings is 1. The van der Waals surface area contributed by atoms with E-state index in [0.717, 1.165) is 49.2 Å². The van der Waals surface area contributed by atoms with Gasteiger partial charge in [0.15, 0.2) is 5.79 Å². The molecule has 5 nitrogen and oxygen atoms in total. The first-order valence-corrected chi connectivity index (χ1v) is 12.3. The Morgan fingerprint density at radius 1 is 1.16 bits per heavy atom. The molecule has 176 valence electrons. The van der Waals surface area contributed by atoms with Gasteiger partial charge in [0.25, 0.3) is 0 Å². The lowest BCUT2D eigenvalue weighted by Gasteiger charge is -2.63. The van der Waals surface area contributed by atoms with E-state index in [2.05, 4.69) is 40.7 Å². The number of carbonyl (C=O) groups is 1. The summed E-state index contributed by atoms with van der Waals surface area (Å²) in [6.45, 7) is 14.6. The fraction of sp³-hybridized carbons (Fsp3) is 0.741. The maximum absolute atomic E-state index is 14.1. The monoisotopic (exact) mass is 442 g/mol. The van der Waals surface area contributed by atoms with E-state index < -0.39 is 11.2 Å². The third-order valence-corrected chi connectivity index (χ3v) is 8.50. The topological polar surface area (TPSA) is 54.0 Å². The van der Waals surface area contributed by atoms with Gasteiger partial charge < -0.3 is 18.9 Å². The van der Waals surface area contributed by atoms with Crippen molar-refractivity contribution in [2.24, 2.45) is 16.7 Å². The van der Waals surface area contributed by atoms with Crippen molar-refractivity contribution in [3.63, 3.8) is 0 Å². The molecule has 2 bridgehead atoms. The maximum Gasteiger partial charge on any atom is 0.174 e. The van der Waals surface area contributed by atoms with Gasteiger partial charge in [0.1, 0.15) is 22.9 Å². The molecular formula is C27H38O5. The third kappa shape index (κ3) is 3.07. The van der Waals surface area contributed by atoms with Gasteiger partial charge >= 0.3 is 0 Å². The molecule has 4 aliphatic rings. The minimum atomic E-state index is -0.566. The zero-order valence-corrected chi connectivity index (χ0v) is 20.5. The van der Waals surface area contributed by atoms with Gasteiger partial charge in [-0.05, 0) is 70.9 Å². The van der Waals surface area contributed by atoms with Crippen LogP contribution < -0.4 is 9.47 Å². The van der Waals surface area contributed by atoms with E-state index in [1.54, 1.807) is 0 Å². The molecule has 5 heteroatoms. The third-order valence-electron chi connectivity index (χ3n) is 8.50. The molecule has 2 saturated carbocycles. The Morgan fingerprint density at radius 3 is 2.53 bits per heavy atom. The smallest absolute Gasteiger partial charge is 0.174 e. The van der Waals surface area contributed by atoms with Crippen LogP contribution in [0, 0.1) is 16.7 Å². The van der Waals surface area contributed by atoms with E-state index in [1.165, 1.54) is 5.56 Å². The highest BCUT2D eigenvalue weighted by Crippen LogP contribution is 2.68. The van der Waals surface area contributed by atoms with Crippen LogP contribution >= 0.6 is 0 Å².